The molecule has 1 saturated carbocycles. The van der Waals surface area contributed by atoms with Crippen LogP contribution in [-0.4, -0.2) is 34.5 Å². The van der Waals surface area contributed by atoms with Gasteiger partial charge in [-0.1, -0.05) is 36.4 Å². The van der Waals surface area contributed by atoms with Gasteiger partial charge < -0.3 is 14.7 Å². The summed E-state index contributed by atoms with van der Waals surface area (Å²) in [6.45, 7) is 0.797. The van der Waals surface area contributed by atoms with Gasteiger partial charge in [-0.05, 0) is 67.3 Å². The van der Waals surface area contributed by atoms with Crippen LogP contribution in [0.1, 0.15) is 55.8 Å². The van der Waals surface area contributed by atoms with Crippen molar-refractivity contribution in [3.05, 3.63) is 77.2 Å². The number of unbranched alkanes of at least 4 members (excludes halogenated alkanes) is 2. The molecule has 0 aliphatic heterocycles. The lowest BCUT2D eigenvalue weighted by molar-refractivity contribution is -0.137. The first kappa shape index (κ1) is 21.7. The lowest BCUT2D eigenvalue weighted by Gasteiger charge is -2.24. The molecule has 6 heteroatoms. The van der Waals surface area contributed by atoms with Gasteiger partial charge >= 0.3 is 5.97 Å². The first-order chi connectivity index (χ1) is 16.5. The van der Waals surface area contributed by atoms with Crippen LogP contribution in [0.4, 0.5) is 0 Å². The fourth-order valence-electron chi connectivity index (χ4n) is 3.71. The largest absolute Gasteiger partial charge is 0.493 e. The van der Waals surface area contributed by atoms with E-state index in [9.17, 15) is 9.59 Å². The molecule has 0 unspecified atom stereocenters. The third-order valence-electron chi connectivity index (χ3n) is 5.63. The van der Waals surface area contributed by atoms with Crippen LogP contribution in [0.15, 0.2) is 66.0 Å². The molecule has 5 nitrogen and oxygen atoms in total. The monoisotopic (exact) mass is 464 g/mol. The Kier molecular flexibility index (Phi) is 7.33. The van der Waals surface area contributed by atoms with E-state index in [1.807, 2.05) is 60.0 Å². The molecule has 1 heterocycles. The summed E-state index contributed by atoms with van der Waals surface area (Å²) >= 11 is 1.66. The highest BCUT2D eigenvalue weighted by Gasteiger charge is 2.33. The van der Waals surface area contributed by atoms with Crippen LogP contribution < -0.4 is 4.74 Å². The van der Waals surface area contributed by atoms with Crippen LogP contribution in [0.25, 0.3) is 10.4 Å². The predicted octanol–water partition coefficient (Wildman–Crippen LogP) is 6.24. The Morgan fingerprint density at radius 3 is 2.52 bits per heavy atom. The second kappa shape index (κ2) is 11.1. The normalized spacial score (nSPS) is 14.4. The molecule has 0 saturated heterocycles. The fourth-order valence-corrected chi connectivity index (χ4v) is 4.44. The van der Waals surface area contributed by atoms with Gasteiger partial charge in [0.2, 0.25) is 0 Å². The van der Waals surface area contributed by atoms with Crippen LogP contribution in [0, 0.1) is 0 Å². The van der Waals surface area contributed by atoms with Crippen molar-refractivity contribution in [3.8, 4) is 16.2 Å². The minimum absolute atomic E-state index is 0.145. The van der Waals surface area contributed by atoms with E-state index in [1.54, 1.807) is 16.2 Å². The van der Waals surface area contributed by atoms with Crippen molar-refractivity contribution in [3.63, 3.8) is 0 Å². The Morgan fingerprint density at radius 1 is 1.03 bits per heavy atom. The van der Waals surface area contributed by atoms with E-state index in [-0.39, 0.29) is 12.3 Å². The first-order valence-corrected chi connectivity index (χ1v) is 12.2. The lowest BCUT2D eigenvalue weighted by atomic mass is 10.1. The van der Waals surface area contributed by atoms with Crippen LogP contribution in [0.5, 0.6) is 5.75 Å². The van der Waals surface area contributed by atoms with Gasteiger partial charge in [0.05, 0.1) is 7.98 Å². The summed E-state index contributed by atoms with van der Waals surface area (Å²) in [5, 5.41) is 10.8. The Hall–Kier alpha value is -3.12. The molecule has 1 fully saturated rings. The third-order valence-corrected chi connectivity index (χ3v) is 6.55. The second-order valence-electron chi connectivity index (χ2n) is 8.17. The molecule has 1 aliphatic rings. The molecule has 1 amide bonds. The molecular formula is C27H29NO4S. The minimum atomic E-state index is -0.881. The maximum atomic E-state index is 13.5. The molecule has 1 N–H and O–H groups in total. The Labute approximate surface area is 200 Å². The number of para-hydroxylation sites is 1. The Bertz CT molecular complexity index is 1110. The number of aliphatic carboxylic acids is 1. The number of carboxylic acids is 1. The molecule has 0 spiro atoms. The van der Waals surface area contributed by atoms with Crippen molar-refractivity contribution in [2.75, 3.05) is 6.61 Å². The molecule has 0 radical (unpaired) electrons. The fraction of sp³-hybridized carbons (Fsp3) is 0.333. The summed E-state index contributed by atoms with van der Waals surface area (Å²) in [5.41, 5.74) is 2.53. The van der Waals surface area contributed by atoms with Crippen molar-refractivity contribution in [1.29, 1.82) is 0 Å². The molecule has 33 heavy (non-hydrogen) atoms. The summed E-state index contributed by atoms with van der Waals surface area (Å²) in [6, 6.07) is 18.4. The number of ether oxygens (including phenoxy) is 1. The van der Waals surface area contributed by atoms with Crippen molar-refractivity contribution in [2.45, 2.75) is 51.1 Å². The van der Waals surface area contributed by atoms with E-state index in [0.717, 1.165) is 28.8 Å². The van der Waals surface area contributed by atoms with E-state index in [2.05, 4.69) is 6.07 Å². The molecule has 4 rings (SSSR count). The summed E-state index contributed by atoms with van der Waals surface area (Å²) in [7, 11) is 0. The van der Waals surface area contributed by atoms with E-state index in [1.165, 1.54) is 0 Å². The van der Waals surface area contributed by atoms with Crippen LogP contribution >= 0.6 is 11.3 Å². The second-order valence-corrected chi connectivity index (χ2v) is 9.12. The zero-order valence-corrected chi connectivity index (χ0v) is 19.4. The summed E-state index contributed by atoms with van der Waals surface area (Å²) < 4.78 is 14.7. The maximum Gasteiger partial charge on any atom is 0.303 e. The summed E-state index contributed by atoms with van der Waals surface area (Å²) in [5.74, 6) is -0.217. The number of amides is 1. The molecular weight excluding hydrogens is 434 g/mol. The maximum absolute atomic E-state index is 13.5. The van der Waals surface area contributed by atoms with Gasteiger partial charge in [0, 0.05) is 35.0 Å². The van der Waals surface area contributed by atoms with Gasteiger partial charge in [-0.25, -0.2) is 0 Å². The van der Waals surface area contributed by atoms with E-state index in [4.69, 9.17) is 11.2 Å². The lowest BCUT2D eigenvalue weighted by Crippen LogP contribution is -2.32. The standard InChI is InChI=1S/C27H29NO4S/c29-26(30)10-2-1-5-17-32-24-8-4-3-7-22(24)19-28(23-15-16-23)27(31)21-13-11-20(12-14-21)25-9-6-18-33-25/h3-4,6-9,11-14,18,23H,1-2,5,10,15-17,19H2,(H,29,30)/i23D. The third kappa shape index (κ3) is 6.45. The number of carbonyl (C=O) groups is 2. The van der Waals surface area contributed by atoms with Gasteiger partial charge in [0.25, 0.3) is 5.91 Å². The van der Waals surface area contributed by atoms with E-state index in [0.29, 0.717) is 43.7 Å². The molecule has 172 valence electrons. The van der Waals surface area contributed by atoms with Crippen molar-refractivity contribution >= 4 is 23.2 Å². The zero-order valence-electron chi connectivity index (χ0n) is 19.5. The Balaban J connectivity index is 1.43. The number of carboxylic acid groups (broad SMARTS) is 1. The average Bonchev–Trinajstić information content (AvgIpc) is 3.35. The van der Waals surface area contributed by atoms with Crippen molar-refractivity contribution in [1.82, 2.24) is 4.90 Å². The van der Waals surface area contributed by atoms with E-state index >= 15 is 0 Å². The number of carbonyl (C=O) groups excluding carboxylic acids is 1. The van der Waals surface area contributed by atoms with Crippen LogP contribution in [0.2, 0.25) is 0 Å². The summed E-state index contributed by atoms with van der Waals surface area (Å²) in [6.07, 6.45) is 3.69. The van der Waals surface area contributed by atoms with Crippen LogP contribution in [-0.2, 0) is 11.3 Å². The van der Waals surface area contributed by atoms with Gasteiger partial charge in [-0.3, -0.25) is 9.59 Å². The van der Waals surface area contributed by atoms with Gasteiger partial charge in [-0.2, -0.15) is 0 Å². The molecule has 3 aromatic rings. The number of benzene rings is 2. The number of rotatable bonds is 12. The molecule has 1 aliphatic carbocycles. The number of hydrogen-bond donors (Lipinski definition) is 1. The summed E-state index contributed by atoms with van der Waals surface area (Å²) in [4.78, 5) is 26.9. The quantitative estimate of drug-likeness (QED) is 0.322. The van der Waals surface area contributed by atoms with Crippen molar-refractivity contribution < 1.29 is 20.8 Å². The topological polar surface area (TPSA) is 66.8 Å². The highest BCUT2D eigenvalue weighted by molar-refractivity contribution is 7.13. The van der Waals surface area contributed by atoms with Gasteiger partial charge in [0.15, 0.2) is 0 Å². The molecule has 0 bridgehead atoms. The van der Waals surface area contributed by atoms with Crippen molar-refractivity contribution in [2.24, 2.45) is 0 Å². The molecule has 0 atom stereocenters. The van der Waals surface area contributed by atoms with E-state index < -0.39 is 12.0 Å². The number of thiophene rings is 1. The number of nitrogens with zero attached hydrogens (tertiary/aromatic N) is 1. The predicted molar refractivity (Wildman–Crippen MR) is 131 cm³/mol. The smallest absolute Gasteiger partial charge is 0.303 e. The van der Waals surface area contributed by atoms with Crippen LogP contribution in [0.3, 0.4) is 0 Å². The Morgan fingerprint density at radius 2 is 1.82 bits per heavy atom. The molecule has 1 aromatic heterocycles. The zero-order chi connectivity index (χ0) is 24.0. The first-order valence-electron chi connectivity index (χ1n) is 11.8. The SMILES string of the molecule is [2H]C1(N(Cc2ccccc2OCCCCCC(=O)O)C(=O)c2ccc(-c3cccs3)cc2)CC1. The van der Waals surface area contributed by atoms with Gasteiger partial charge in [-0.15, -0.1) is 11.3 Å². The average molecular weight is 465 g/mol. The van der Waals surface area contributed by atoms with Gasteiger partial charge in [0.1, 0.15) is 5.75 Å². The minimum Gasteiger partial charge on any atom is -0.493 e. The number of hydrogen-bond acceptors (Lipinski definition) is 4. The highest BCUT2D eigenvalue weighted by Crippen LogP contribution is 2.32. The molecule has 2 aromatic carbocycles. The highest BCUT2D eigenvalue weighted by atomic mass is 32.1.